The lowest BCUT2D eigenvalue weighted by Crippen LogP contribution is -2.40. The summed E-state index contributed by atoms with van der Waals surface area (Å²) in [5.74, 6) is 1.85. The van der Waals surface area contributed by atoms with Crippen molar-refractivity contribution in [3.8, 4) is 0 Å². The van der Waals surface area contributed by atoms with E-state index in [4.69, 9.17) is 0 Å². The van der Waals surface area contributed by atoms with Crippen LogP contribution in [0.2, 0.25) is 0 Å². The van der Waals surface area contributed by atoms with Crippen LogP contribution in [-0.4, -0.2) is 17.8 Å². The van der Waals surface area contributed by atoms with Crippen molar-refractivity contribution in [2.24, 2.45) is 5.92 Å². The van der Waals surface area contributed by atoms with Gasteiger partial charge in [-0.15, -0.1) is 0 Å². The molecular formula is C12H27NS. The van der Waals surface area contributed by atoms with Crippen LogP contribution < -0.4 is 5.32 Å². The Morgan fingerprint density at radius 1 is 1.36 bits per heavy atom. The van der Waals surface area contributed by atoms with Crippen LogP contribution in [-0.2, 0) is 0 Å². The van der Waals surface area contributed by atoms with Crippen molar-refractivity contribution in [2.75, 3.05) is 12.3 Å². The average molecular weight is 217 g/mol. The zero-order valence-corrected chi connectivity index (χ0v) is 11.2. The summed E-state index contributed by atoms with van der Waals surface area (Å²) in [5.41, 5.74) is 0.288. The van der Waals surface area contributed by atoms with Crippen molar-refractivity contribution in [2.45, 2.75) is 58.9 Å². The third-order valence-electron chi connectivity index (χ3n) is 2.90. The molecule has 0 aliphatic carbocycles. The standard InChI is InChI=1S/C12H27NS/c1-5-11(2)7-9-13-12(3,4)8-6-10-14/h11,13-14H,5-10H2,1-4H3/t11-/m1/s1. The maximum atomic E-state index is 4.24. The first kappa shape index (κ1) is 14.3. The third kappa shape index (κ3) is 7.69. The molecular weight excluding hydrogens is 190 g/mol. The summed E-state index contributed by atoms with van der Waals surface area (Å²) >= 11 is 4.24. The van der Waals surface area contributed by atoms with Gasteiger partial charge >= 0.3 is 0 Å². The SMILES string of the molecule is CC[C@@H](C)CCNC(C)(C)CCCS. The van der Waals surface area contributed by atoms with Crippen LogP contribution in [0.5, 0.6) is 0 Å². The van der Waals surface area contributed by atoms with Gasteiger partial charge in [0.25, 0.3) is 0 Å². The van der Waals surface area contributed by atoms with E-state index in [1.54, 1.807) is 0 Å². The highest BCUT2D eigenvalue weighted by Crippen LogP contribution is 2.13. The molecule has 0 unspecified atom stereocenters. The predicted molar refractivity (Wildman–Crippen MR) is 69.2 cm³/mol. The summed E-state index contributed by atoms with van der Waals surface area (Å²) in [6, 6.07) is 0. The molecule has 0 heterocycles. The first-order chi connectivity index (χ1) is 6.52. The second-order valence-corrected chi connectivity index (χ2v) is 5.39. The Labute approximate surface area is 95.5 Å². The predicted octanol–water partition coefficient (Wildman–Crippen LogP) is 3.50. The summed E-state index contributed by atoms with van der Waals surface area (Å²) in [4.78, 5) is 0. The molecule has 0 rings (SSSR count). The van der Waals surface area contributed by atoms with Gasteiger partial charge in [-0.2, -0.15) is 12.6 Å². The molecule has 1 nitrogen and oxygen atoms in total. The van der Waals surface area contributed by atoms with Crippen LogP contribution in [0.3, 0.4) is 0 Å². The van der Waals surface area contributed by atoms with Gasteiger partial charge in [-0.25, -0.2) is 0 Å². The fourth-order valence-corrected chi connectivity index (χ4v) is 1.63. The number of hydrogen-bond donors (Lipinski definition) is 2. The topological polar surface area (TPSA) is 12.0 Å². The minimum Gasteiger partial charge on any atom is -0.312 e. The fourth-order valence-electron chi connectivity index (χ4n) is 1.47. The molecule has 0 spiro atoms. The molecule has 14 heavy (non-hydrogen) atoms. The Morgan fingerprint density at radius 3 is 2.50 bits per heavy atom. The van der Waals surface area contributed by atoms with E-state index >= 15 is 0 Å². The summed E-state index contributed by atoms with van der Waals surface area (Å²) in [5, 5.41) is 3.63. The van der Waals surface area contributed by atoms with Gasteiger partial charge in [-0.1, -0.05) is 20.3 Å². The van der Waals surface area contributed by atoms with E-state index in [2.05, 4.69) is 45.6 Å². The molecule has 0 saturated heterocycles. The van der Waals surface area contributed by atoms with Gasteiger partial charge in [-0.05, 0) is 51.3 Å². The quantitative estimate of drug-likeness (QED) is 0.593. The lowest BCUT2D eigenvalue weighted by Gasteiger charge is -2.27. The van der Waals surface area contributed by atoms with E-state index in [0.29, 0.717) is 0 Å². The first-order valence-electron chi connectivity index (χ1n) is 5.87. The zero-order chi connectivity index (χ0) is 11.0. The molecule has 0 saturated carbocycles. The van der Waals surface area contributed by atoms with Gasteiger partial charge in [0.05, 0.1) is 0 Å². The number of thiol groups is 1. The second kappa shape index (κ2) is 7.58. The maximum absolute atomic E-state index is 4.24. The summed E-state index contributed by atoms with van der Waals surface area (Å²) in [7, 11) is 0. The second-order valence-electron chi connectivity index (χ2n) is 4.94. The van der Waals surface area contributed by atoms with Gasteiger partial charge in [0.2, 0.25) is 0 Å². The number of hydrogen-bond acceptors (Lipinski definition) is 2. The molecule has 86 valence electrons. The van der Waals surface area contributed by atoms with Crippen molar-refractivity contribution >= 4 is 12.6 Å². The molecule has 1 atom stereocenters. The van der Waals surface area contributed by atoms with Crippen LogP contribution >= 0.6 is 12.6 Å². The molecule has 2 heteroatoms. The highest BCUT2D eigenvalue weighted by molar-refractivity contribution is 7.80. The summed E-state index contributed by atoms with van der Waals surface area (Å²) in [6.07, 6.45) is 5.00. The van der Waals surface area contributed by atoms with E-state index in [1.807, 2.05) is 0 Å². The highest BCUT2D eigenvalue weighted by Gasteiger charge is 2.15. The molecule has 0 bridgehead atoms. The van der Waals surface area contributed by atoms with Crippen LogP contribution in [0.4, 0.5) is 0 Å². The largest absolute Gasteiger partial charge is 0.312 e. The highest BCUT2D eigenvalue weighted by atomic mass is 32.1. The first-order valence-corrected chi connectivity index (χ1v) is 6.51. The lowest BCUT2D eigenvalue weighted by atomic mass is 9.97. The molecule has 0 amide bonds. The minimum atomic E-state index is 0.288. The van der Waals surface area contributed by atoms with Gasteiger partial charge in [0, 0.05) is 5.54 Å². The summed E-state index contributed by atoms with van der Waals surface area (Å²) in [6.45, 7) is 10.3. The van der Waals surface area contributed by atoms with Crippen LogP contribution in [0.25, 0.3) is 0 Å². The zero-order valence-electron chi connectivity index (χ0n) is 10.3. The molecule has 1 N–H and O–H groups in total. The van der Waals surface area contributed by atoms with Crippen molar-refractivity contribution in [3.05, 3.63) is 0 Å². The van der Waals surface area contributed by atoms with Crippen LogP contribution in [0, 0.1) is 5.92 Å². The van der Waals surface area contributed by atoms with Crippen molar-refractivity contribution < 1.29 is 0 Å². The Balaban J connectivity index is 3.54. The van der Waals surface area contributed by atoms with Crippen molar-refractivity contribution in [3.63, 3.8) is 0 Å². The Bertz CT molecular complexity index is 134. The molecule has 0 fully saturated rings. The van der Waals surface area contributed by atoms with Crippen LogP contribution in [0.15, 0.2) is 0 Å². The van der Waals surface area contributed by atoms with Gasteiger partial charge in [0.15, 0.2) is 0 Å². The van der Waals surface area contributed by atoms with Gasteiger partial charge < -0.3 is 5.32 Å². The molecule has 0 aliphatic rings. The molecule has 0 aliphatic heterocycles. The Hall–Kier alpha value is 0.310. The Kier molecular flexibility index (Phi) is 7.75. The van der Waals surface area contributed by atoms with E-state index in [-0.39, 0.29) is 5.54 Å². The fraction of sp³-hybridized carbons (Fsp3) is 1.00. The maximum Gasteiger partial charge on any atom is 0.0125 e. The van der Waals surface area contributed by atoms with Gasteiger partial charge in [0.1, 0.15) is 0 Å². The van der Waals surface area contributed by atoms with E-state index in [9.17, 15) is 0 Å². The normalized spacial score (nSPS) is 14.4. The average Bonchev–Trinajstić information content (AvgIpc) is 2.14. The van der Waals surface area contributed by atoms with E-state index < -0.39 is 0 Å². The van der Waals surface area contributed by atoms with E-state index in [1.165, 1.54) is 25.7 Å². The van der Waals surface area contributed by atoms with Crippen molar-refractivity contribution in [1.82, 2.24) is 5.32 Å². The molecule has 0 radical (unpaired) electrons. The third-order valence-corrected chi connectivity index (χ3v) is 3.21. The Morgan fingerprint density at radius 2 is 2.00 bits per heavy atom. The summed E-state index contributed by atoms with van der Waals surface area (Å²) < 4.78 is 0. The monoisotopic (exact) mass is 217 g/mol. The van der Waals surface area contributed by atoms with Crippen molar-refractivity contribution in [1.29, 1.82) is 0 Å². The van der Waals surface area contributed by atoms with Crippen LogP contribution in [0.1, 0.15) is 53.4 Å². The van der Waals surface area contributed by atoms with Gasteiger partial charge in [-0.3, -0.25) is 0 Å². The molecule has 0 aromatic carbocycles. The number of nitrogens with one attached hydrogen (secondary N) is 1. The van der Waals surface area contributed by atoms with E-state index in [0.717, 1.165) is 18.2 Å². The lowest BCUT2D eigenvalue weighted by molar-refractivity contribution is 0.342. The molecule has 0 aromatic rings. The number of rotatable bonds is 8. The molecule has 0 aromatic heterocycles. The smallest absolute Gasteiger partial charge is 0.0125 e. The minimum absolute atomic E-state index is 0.288.